The number of imide groups is 1. The largest absolute Gasteiger partial charge is 0.372 e. The topological polar surface area (TPSA) is 108 Å². The zero-order valence-corrected chi connectivity index (χ0v) is 12.7. The van der Waals surface area contributed by atoms with Crippen LogP contribution in [0.2, 0.25) is 0 Å². The normalized spacial score (nSPS) is 19.2. The Kier molecular flexibility index (Phi) is 3.72. The van der Waals surface area contributed by atoms with Gasteiger partial charge in [0.25, 0.3) is 0 Å². The van der Waals surface area contributed by atoms with E-state index in [1.165, 1.54) is 32.2 Å². The summed E-state index contributed by atoms with van der Waals surface area (Å²) in [4.78, 5) is 27.3. The Hall–Kier alpha value is -2.00. The van der Waals surface area contributed by atoms with Crippen LogP contribution < -0.4 is 10.6 Å². The van der Waals surface area contributed by atoms with Crippen molar-refractivity contribution in [3.63, 3.8) is 0 Å². The van der Waals surface area contributed by atoms with E-state index in [1.54, 1.807) is 7.05 Å². The van der Waals surface area contributed by atoms with Crippen LogP contribution in [0.5, 0.6) is 0 Å². The lowest BCUT2D eigenvalue weighted by Gasteiger charge is -2.38. The highest BCUT2D eigenvalue weighted by Crippen LogP contribution is 2.29. The minimum Gasteiger partial charge on any atom is -0.372 e. The van der Waals surface area contributed by atoms with Gasteiger partial charge in [-0.15, -0.1) is 0 Å². The second-order valence-electron chi connectivity index (χ2n) is 5.05. The molecule has 1 saturated heterocycles. The number of hydrogen-bond acceptors (Lipinski definition) is 6. The summed E-state index contributed by atoms with van der Waals surface area (Å²) in [6, 6.07) is 2.85. The van der Waals surface area contributed by atoms with E-state index in [2.05, 4.69) is 15.6 Å². The van der Waals surface area contributed by atoms with Crippen molar-refractivity contribution in [2.45, 2.75) is 24.3 Å². The molecule has 9 heteroatoms. The third-order valence-corrected chi connectivity index (χ3v) is 5.35. The molecule has 0 atom stereocenters. The van der Waals surface area contributed by atoms with E-state index in [-0.39, 0.29) is 10.7 Å². The number of piperazine rings is 1. The molecule has 1 fully saturated rings. The Morgan fingerprint density at radius 3 is 2.67 bits per heavy atom. The predicted molar refractivity (Wildman–Crippen MR) is 74.9 cm³/mol. The molecule has 0 bridgehead atoms. The van der Waals surface area contributed by atoms with Gasteiger partial charge in [-0.1, -0.05) is 0 Å². The van der Waals surface area contributed by atoms with Gasteiger partial charge in [0.2, 0.25) is 21.8 Å². The highest BCUT2D eigenvalue weighted by Gasteiger charge is 2.48. The second kappa shape index (κ2) is 5.08. The summed E-state index contributed by atoms with van der Waals surface area (Å²) in [5, 5.41) is 4.82. The number of aromatic nitrogens is 1. The van der Waals surface area contributed by atoms with Crippen LogP contribution in [0.1, 0.15) is 13.8 Å². The Morgan fingerprint density at radius 1 is 1.38 bits per heavy atom. The highest BCUT2D eigenvalue weighted by molar-refractivity contribution is 7.89. The summed E-state index contributed by atoms with van der Waals surface area (Å²) in [7, 11) is -2.51. The summed E-state index contributed by atoms with van der Waals surface area (Å²) >= 11 is 0. The first kappa shape index (κ1) is 15.4. The van der Waals surface area contributed by atoms with Crippen LogP contribution in [0.15, 0.2) is 23.2 Å². The van der Waals surface area contributed by atoms with E-state index in [0.717, 1.165) is 4.31 Å². The molecule has 114 valence electrons. The molecule has 0 aromatic carbocycles. The van der Waals surface area contributed by atoms with E-state index in [0.29, 0.717) is 0 Å². The molecule has 1 aromatic rings. The van der Waals surface area contributed by atoms with Crippen LogP contribution in [0.4, 0.5) is 5.82 Å². The number of anilines is 1. The maximum atomic E-state index is 12.8. The van der Waals surface area contributed by atoms with Crippen molar-refractivity contribution >= 4 is 27.7 Å². The van der Waals surface area contributed by atoms with Gasteiger partial charge in [-0.3, -0.25) is 14.9 Å². The van der Waals surface area contributed by atoms with Gasteiger partial charge in [-0.2, -0.15) is 4.31 Å². The Labute approximate surface area is 122 Å². The smallest absolute Gasteiger partial charge is 0.248 e. The minimum atomic E-state index is -4.05. The average molecular weight is 312 g/mol. The van der Waals surface area contributed by atoms with E-state index >= 15 is 0 Å². The first-order valence-electron chi connectivity index (χ1n) is 6.21. The molecule has 0 unspecified atom stereocenters. The van der Waals surface area contributed by atoms with Crippen molar-refractivity contribution in [3.05, 3.63) is 18.3 Å². The first-order valence-corrected chi connectivity index (χ1v) is 7.65. The lowest BCUT2D eigenvalue weighted by molar-refractivity contribution is -0.141. The number of rotatable bonds is 3. The molecule has 2 N–H and O–H groups in total. The fourth-order valence-electron chi connectivity index (χ4n) is 2.05. The van der Waals surface area contributed by atoms with Gasteiger partial charge in [0.1, 0.15) is 16.3 Å². The molecule has 1 aliphatic heterocycles. The number of hydrogen-bond donors (Lipinski definition) is 2. The molecule has 2 amide bonds. The Morgan fingerprint density at radius 2 is 2.05 bits per heavy atom. The first-order chi connectivity index (χ1) is 9.71. The third-order valence-electron chi connectivity index (χ3n) is 3.29. The number of sulfonamides is 1. The lowest BCUT2D eigenvalue weighted by atomic mass is 10.0. The van der Waals surface area contributed by atoms with Gasteiger partial charge in [-0.25, -0.2) is 13.4 Å². The maximum Gasteiger partial charge on any atom is 0.248 e. The Bertz CT molecular complexity index is 699. The summed E-state index contributed by atoms with van der Waals surface area (Å²) in [5.74, 6) is -1.15. The average Bonchev–Trinajstić information content (AvgIpc) is 2.43. The number of nitrogens with zero attached hydrogens (tertiary/aromatic N) is 2. The van der Waals surface area contributed by atoms with Crippen LogP contribution in [0.25, 0.3) is 0 Å². The molecule has 8 nitrogen and oxygen atoms in total. The van der Waals surface area contributed by atoms with Crippen molar-refractivity contribution in [2.75, 3.05) is 18.9 Å². The van der Waals surface area contributed by atoms with E-state index in [1.807, 2.05) is 0 Å². The molecule has 0 saturated carbocycles. The minimum absolute atomic E-state index is 0.0805. The van der Waals surface area contributed by atoms with Crippen LogP contribution in [-0.4, -0.2) is 48.7 Å². The van der Waals surface area contributed by atoms with Crippen molar-refractivity contribution in [3.8, 4) is 0 Å². The number of carbonyl (C=O) groups is 2. The summed E-state index contributed by atoms with van der Waals surface area (Å²) in [6.07, 6.45) is 1.45. The number of pyridine rings is 1. The number of nitrogens with one attached hydrogen (secondary N) is 2. The molecule has 1 aliphatic rings. The standard InChI is InChI=1S/C12H16N4O4S/c1-12(2)11(18)15-9(17)7-16(12)21(19,20)8-5-4-6-14-10(8)13-3/h4-6H,7H2,1-3H3,(H,13,14)(H,15,17,18). The lowest BCUT2D eigenvalue weighted by Crippen LogP contribution is -2.65. The zero-order chi connectivity index (χ0) is 15.8. The van der Waals surface area contributed by atoms with E-state index in [9.17, 15) is 18.0 Å². The number of amides is 2. The molecule has 0 radical (unpaired) electrons. The van der Waals surface area contributed by atoms with Crippen LogP contribution in [0, 0.1) is 0 Å². The SMILES string of the molecule is CNc1ncccc1S(=O)(=O)N1CC(=O)NC(=O)C1(C)C. The van der Waals surface area contributed by atoms with E-state index in [4.69, 9.17) is 0 Å². The Balaban J connectivity index is 2.57. The molecule has 0 spiro atoms. The van der Waals surface area contributed by atoms with Gasteiger partial charge in [-0.05, 0) is 26.0 Å². The van der Waals surface area contributed by atoms with Gasteiger partial charge in [0.05, 0.1) is 6.54 Å². The second-order valence-corrected chi connectivity index (χ2v) is 6.88. The van der Waals surface area contributed by atoms with Gasteiger partial charge < -0.3 is 5.32 Å². The third kappa shape index (κ3) is 2.49. The van der Waals surface area contributed by atoms with Gasteiger partial charge in [0.15, 0.2) is 0 Å². The van der Waals surface area contributed by atoms with Gasteiger partial charge >= 0.3 is 0 Å². The molecule has 1 aromatic heterocycles. The summed E-state index contributed by atoms with van der Waals surface area (Å²) < 4.78 is 26.5. The van der Waals surface area contributed by atoms with Crippen molar-refractivity contribution in [1.82, 2.24) is 14.6 Å². The quantitative estimate of drug-likeness (QED) is 0.732. The monoisotopic (exact) mass is 312 g/mol. The van der Waals surface area contributed by atoms with Crippen LogP contribution >= 0.6 is 0 Å². The van der Waals surface area contributed by atoms with Crippen molar-refractivity contribution in [2.24, 2.45) is 0 Å². The fraction of sp³-hybridized carbons (Fsp3) is 0.417. The molecule has 2 rings (SSSR count). The van der Waals surface area contributed by atoms with Crippen LogP contribution in [-0.2, 0) is 19.6 Å². The van der Waals surface area contributed by atoms with Gasteiger partial charge in [0, 0.05) is 13.2 Å². The molecule has 21 heavy (non-hydrogen) atoms. The van der Waals surface area contributed by atoms with Crippen LogP contribution in [0.3, 0.4) is 0 Å². The summed E-state index contributed by atoms with van der Waals surface area (Å²) in [5.41, 5.74) is -1.37. The summed E-state index contributed by atoms with van der Waals surface area (Å²) in [6.45, 7) is 2.47. The molecule has 0 aliphatic carbocycles. The molecular weight excluding hydrogens is 296 g/mol. The molecular formula is C12H16N4O4S. The van der Waals surface area contributed by atoms with Crippen molar-refractivity contribution in [1.29, 1.82) is 0 Å². The maximum absolute atomic E-state index is 12.8. The van der Waals surface area contributed by atoms with Crippen molar-refractivity contribution < 1.29 is 18.0 Å². The highest BCUT2D eigenvalue weighted by atomic mass is 32.2. The fourth-order valence-corrected chi connectivity index (χ4v) is 3.91. The van der Waals surface area contributed by atoms with E-state index < -0.39 is 33.9 Å². The number of carbonyl (C=O) groups excluding carboxylic acids is 2. The predicted octanol–water partition coefficient (Wildman–Crippen LogP) is -0.451. The molecule has 2 heterocycles. The zero-order valence-electron chi connectivity index (χ0n) is 11.9.